The van der Waals surface area contributed by atoms with E-state index in [-0.39, 0.29) is 26.8 Å². The lowest BCUT2D eigenvalue weighted by Crippen LogP contribution is -2.22. The van der Waals surface area contributed by atoms with Gasteiger partial charge in [0.1, 0.15) is 10.3 Å². The molecular weight excluding hydrogens is 346 g/mol. The topological polar surface area (TPSA) is 34.9 Å². The van der Waals surface area contributed by atoms with Crippen LogP contribution < -0.4 is 5.56 Å². The highest BCUT2D eigenvalue weighted by molar-refractivity contribution is 9.10. The van der Waals surface area contributed by atoms with E-state index in [4.69, 9.17) is 23.2 Å². The van der Waals surface area contributed by atoms with Crippen molar-refractivity contribution in [3.8, 4) is 0 Å². The average Bonchev–Trinajstić information content (AvgIpc) is 2.33. The molecule has 0 unspecified atom stereocenters. The molecule has 0 N–H and O–H groups in total. The van der Waals surface area contributed by atoms with Crippen molar-refractivity contribution < 1.29 is 4.39 Å². The predicted molar refractivity (Wildman–Crippen MR) is 71.7 cm³/mol. The van der Waals surface area contributed by atoms with Gasteiger partial charge in [0.05, 0.1) is 12.9 Å². The van der Waals surface area contributed by atoms with Gasteiger partial charge in [0, 0.05) is 5.02 Å². The number of rotatable bonds is 2. The fourth-order valence-corrected chi connectivity index (χ4v) is 2.07. The molecule has 0 atom stereocenters. The Balaban J connectivity index is 2.41. The minimum Gasteiger partial charge on any atom is -0.294 e. The van der Waals surface area contributed by atoms with Gasteiger partial charge in [-0.1, -0.05) is 29.3 Å². The van der Waals surface area contributed by atoms with E-state index in [0.29, 0.717) is 5.56 Å². The fourth-order valence-electron chi connectivity index (χ4n) is 1.39. The molecule has 2 rings (SSSR count). The first kappa shape index (κ1) is 13.5. The van der Waals surface area contributed by atoms with Crippen LogP contribution >= 0.6 is 39.1 Å². The van der Waals surface area contributed by atoms with Crippen LogP contribution in [0, 0.1) is 5.82 Å². The summed E-state index contributed by atoms with van der Waals surface area (Å²) in [5.41, 5.74) is 0.298. The van der Waals surface area contributed by atoms with Crippen molar-refractivity contribution in [2.24, 2.45) is 0 Å². The Morgan fingerprint density at radius 2 is 2.11 bits per heavy atom. The highest BCUT2D eigenvalue weighted by Crippen LogP contribution is 2.19. The van der Waals surface area contributed by atoms with Gasteiger partial charge in [-0.05, 0) is 33.6 Å². The van der Waals surface area contributed by atoms with E-state index in [1.807, 2.05) is 0 Å². The second-order valence-corrected chi connectivity index (χ2v) is 5.08. The zero-order valence-electron chi connectivity index (χ0n) is 8.83. The molecule has 0 amide bonds. The third kappa shape index (κ3) is 2.74. The summed E-state index contributed by atoms with van der Waals surface area (Å²) in [6.45, 7) is 0.195. The number of benzene rings is 1. The molecule has 18 heavy (non-hydrogen) atoms. The van der Waals surface area contributed by atoms with Gasteiger partial charge in [0.2, 0.25) is 0 Å². The van der Waals surface area contributed by atoms with Crippen LogP contribution in [-0.2, 0) is 6.54 Å². The van der Waals surface area contributed by atoms with E-state index in [0.717, 1.165) is 0 Å². The SMILES string of the molecule is O=c1c(Br)c(Cl)ncn1Cc1ccc(F)cc1Cl. The first-order valence-corrected chi connectivity index (χ1v) is 6.38. The predicted octanol–water partition coefficient (Wildman–Crippen LogP) is 3.50. The largest absolute Gasteiger partial charge is 0.294 e. The average molecular weight is 352 g/mol. The van der Waals surface area contributed by atoms with Gasteiger partial charge in [-0.2, -0.15) is 0 Å². The summed E-state index contributed by atoms with van der Waals surface area (Å²) in [7, 11) is 0. The van der Waals surface area contributed by atoms with Crippen LogP contribution in [0.15, 0.2) is 33.8 Å². The molecule has 1 aromatic carbocycles. The highest BCUT2D eigenvalue weighted by atomic mass is 79.9. The Hall–Kier alpha value is -0.910. The Morgan fingerprint density at radius 1 is 1.39 bits per heavy atom. The first-order chi connectivity index (χ1) is 8.49. The molecule has 0 radical (unpaired) electrons. The van der Waals surface area contributed by atoms with Crippen LogP contribution in [0.25, 0.3) is 0 Å². The molecule has 3 nitrogen and oxygen atoms in total. The second-order valence-electron chi connectivity index (χ2n) is 3.52. The van der Waals surface area contributed by atoms with Crippen molar-refractivity contribution in [2.45, 2.75) is 6.54 Å². The number of nitrogens with zero attached hydrogens (tertiary/aromatic N) is 2. The number of hydrogen-bond acceptors (Lipinski definition) is 2. The zero-order valence-corrected chi connectivity index (χ0v) is 11.9. The molecule has 0 spiro atoms. The standard InChI is InChI=1S/C11H6BrCl2FN2O/c12-9-10(14)16-5-17(11(9)18)4-6-1-2-7(15)3-8(6)13/h1-3,5H,4H2. The van der Waals surface area contributed by atoms with Gasteiger partial charge in [0.25, 0.3) is 5.56 Å². The summed E-state index contributed by atoms with van der Waals surface area (Å²) < 4.78 is 14.4. The fraction of sp³-hybridized carbons (Fsp3) is 0.0909. The summed E-state index contributed by atoms with van der Waals surface area (Å²) >= 11 is 14.6. The summed E-state index contributed by atoms with van der Waals surface area (Å²) in [5, 5.41) is 0.356. The highest BCUT2D eigenvalue weighted by Gasteiger charge is 2.09. The normalized spacial score (nSPS) is 10.7. The second kappa shape index (κ2) is 5.38. The molecule has 0 fully saturated rings. The minimum absolute atomic E-state index is 0.0986. The van der Waals surface area contributed by atoms with Gasteiger partial charge in [-0.15, -0.1) is 0 Å². The Kier molecular flexibility index (Phi) is 4.04. The van der Waals surface area contributed by atoms with Crippen molar-refractivity contribution >= 4 is 39.1 Å². The Bertz CT molecular complexity index is 660. The molecular formula is C11H6BrCl2FN2O. The number of hydrogen-bond donors (Lipinski definition) is 0. The van der Waals surface area contributed by atoms with Gasteiger partial charge in [0.15, 0.2) is 5.15 Å². The molecule has 7 heteroatoms. The molecule has 0 aliphatic heterocycles. The molecule has 0 bridgehead atoms. The van der Waals surface area contributed by atoms with E-state index >= 15 is 0 Å². The smallest absolute Gasteiger partial charge is 0.269 e. The Labute approximate surface area is 120 Å². The van der Waals surface area contributed by atoms with Crippen molar-refractivity contribution in [1.82, 2.24) is 9.55 Å². The summed E-state index contributed by atoms with van der Waals surface area (Å²) in [6.07, 6.45) is 1.31. The van der Waals surface area contributed by atoms with Crippen molar-refractivity contribution in [1.29, 1.82) is 0 Å². The van der Waals surface area contributed by atoms with E-state index in [2.05, 4.69) is 20.9 Å². The summed E-state index contributed by atoms with van der Waals surface area (Å²) in [5.74, 6) is -0.425. The lowest BCUT2D eigenvalue weighted by atomic mass is 10.2. The number of halogens is 4. The maximum absolute atomic E-state index is 12.9. The van der Waals surface area contributed by atoms with E-state index in [1.54, 1.807) is 0 Å². The van der Waals surface area contributed by atoms with Crippen molar-refractivity contribution in [3.63, 3.8) is 0 Å². The van der Waals surface area contributed by atoms with E-state index in [1.165, 1.54) is 29.1 Å². The molecule has 0 aliphatic rings. The third-order valence-corrected chi connectivity index (χ3v) is 3.88. The van der Waals surface area contributed by atoms with E-state index in [9.17, 15) is 9.18 Å². The monoisotopic (exact) mass is 350 g/mol. The minimum atomic E-state index is -0.425. The first-order valence-electron chi connectivity index (χ1n) is 4.83. The molecule has 0 aliphatic carbocycles. The van der Waals surface area contributed by atoms with E-state index < -0.39 is 5.82 Å². The third-order valence-electron chi connectivity index (χ3n) is 2.30. The van der Waals surface area contributed by atoms with Crippen LogP contribution in [-0.4, -0.2) is 9.55 Å². The molecule has 0 saturated heterocycles. The van der Waals surface area contributed by atoms with Crippen molar-refractivity contribution in [3.05, 3.63) is 60.9 Å². The van der Waals surface area contributed by atoms with Crippen LogP contribution in [0.1, 0.15) is 5.56 Å². The lowest BCUT2D eigenvalue weighted by molar-refractivity contribution is 0.626. The maximum atomic E-state index is 12.9. The molecule has 1 aromatic heterocycles. The van der Waals surface area contributed by atoms with Crippen LogP contribution in [0.3, 0.4) is 0 Å². The summed E-state index contributed by atoms with van der Waals surface area (Å²) in [4.78, 5) is 15.7. The summed E-state index contributed by atoms with van der Waals surface area (Å²) in [6, 6.07) is 4.00. The molecule has 94 valence electrons. The molecule has 0 saturated carbocycles. The lowest BCUT2D eigenvalue weighted by Gasteiger charge is -2.08. The van der Waals surface area contributed by atoms with Gasteiger partial charge in [-0.3, -0.25) is 9.36 Å². The molecule has 2 aromatic rings. The van der Waals surface area contributed by atoms with Gasteiger partial charge in [-0.25, -0.2) is 9.37 Å². The van der Waals surface area contributed by atoms with Gasteiger partial charge < -0.3 is 0 Å². The van der Waals surface area contributed by atoms with Crippen molar-refractivity contribution in [2.75, 3.05) is 0 Å². The Morgan fingerprint density at radius 3 is 2.78 bits per heavy atom. The quantitative estimate of drug-likeness (QED) is 0.776. The maximum Gasteiger partial charge on any atom is 0.269 e. The van der Waals surface area contributed by atoms with Crippen LogP contribution in [0.5, 0.6) is 0 Å². The zero-order chi connectivity index (χ0) is 13.3. The van der Waals surface area contributed by atoms with Crippen LogP contribution in [0.4, 0.5) is 4.39 Å². The number of aromatic nitrogens is 2. The van der Waals surface area contributed by atoms with Gasteiger partial charge >= 0.3 is 0 Å². The van der Waals surface area contributed by atoms with Crippen LogP contribution in [0.2, 0.25) is 10.2 Å². The molecule has 1 heterocycles.